The van der Waals surface area contributed by atoms with Crippen LogP contribution >= 0.6 is 0 Å². The van der Waals surface area contributed by atoms with Gasteiger partial charge in [-0.15, -0.1) is 0 Å². The lowest BCUT2D eigenvalue weighted by atomic mass is 9.76. The van der Waals surface area contributed by atoms with E-state index in [1.54, 1.807) is 0 Å². The summed E-state index contributed by atoms with van der Waals surface area (Å²) in [5.74, 6) is -3.77. The van der Waals surface area contributed by atoms with Gasteiger partial charge in [-0.1, -0.05) is 19.1 Å². The summed E-state index contributed by atoms with van der Waals surface area (Å²) in [5.41, 5.74) is -0.742. The first-order valence-electron chi connectivity index (χ1n) is 11.3. The number of benzene rings is 2. The number of nitrogens with zero attached hydrogens (tertiary/aromatic N) is 4. The summed E-state index contributed by atoms with van der Waals surface area (Å²) in [7, 11) is 0. The van der Waals surface area contributed by atoms with Gasteiger partial charge in [-0.05, 0) is 37.3 Å². The molecule has 1 aliphatic carbocycles. The molecule has 12 nitrogen and oxygen atoms in total. The summed E-state index contributed by atoms with van der Waals surface area (Å²) in [6.07, 6.45) is 1.70. The molecule has 3 amide bonds. The third-order valence-corrected chi connectivity index (χ3v) is 6.64. The quantitative estimate of drug-likeness (QED) is 0.245. The Bertz CT molecular complexity index is 1280. The molecule has 0 spiro atoms. The molecule has 2 fully saturated rings. The topological polar surface area (TPSA) is 161 Å². The number of hydrogen-bond acceptors (Lipinski definition) is 8. The van der Waals surface area contributed by atoms with Crippen molar-refractivity contribution >= 4 is 34.9 Å². The fourth-order valence-electron chi connectivity index (χ4n) is 4.74. The molecule has 36 heavy (non-hydrogen) atoms. The third kappa shape index (κ3) is 4.57. The maximum Gasteiger partial charge on any atom is 0.273 e. The van der Waals surface area contributed by atoms with Crippen LogP contribution in [-0.4, -0.2) is 49.9 Å². The van der Waals surface area contributed by atoms with Crippen molar-refractivity contribution in [2.24, 2.45) is 17.8 Å². The van der Waals surface area contributed by atoms with Crippen molar-refractivity contribution in [2.75, 3.05) is 6.54 Å². The van der Waals surface area contributed by atoms with Gasteiger partial charge in [0.2, 0.25) is 0 Å². The number of hydrazine groups is 1. The molecule has 1 heterocycles. The van der Waals surface area contributed by atoms with Crippen LogP contribution < -0.4 is 0 Å². The molecule has 0 radical (unpaired) electrons. The van der Waals surface area contributed by atoms with Crippen LogP contribution in [0.4, 0.5) is 11.4 Å². The van der Waals surface area contributed by atoms with Crippen molar-refractivity contribution < 1.29 is 29.0 Å². The van der Waals surface area contributed by atoms with E-state index in [0.717, 1.165) is 29.6 Å². The van der Waals surface area contributed by atoms with Crippen molar-refractivity contribution in [2.45, 2.75) is 26.2 Å². The lowest BCUT2D eigenvalue weighted by Crippen LogP contribution is -2.52. The zero-order valence-corrected chi connectivity index (χ0v) is 19.2. The average molecular weight is 494 g/mol. The lowest BCUT2D eigenvalue weighted by Gasteiger charge is -2.30. The van der Waals surface area contributed by atoms with E-state index in [2.05, 4.69) is 0 Å². The molecule has 1 saturated heterocycles. The summed E-state index contributed by atoms with van der Waals surface area (Å²) in [5, 5.41) is 23.6. The molecule has 1 saturated carbocycles. The van der Waals surface area contributed by atoms with Crippen LogP contribution in [0.25, 0.3) is 0 Å². The molecule has 4 rings (SSSR count). The fourth-order valence-corrected chi connectivity index (χ4v) is 4.74. The monoisotopic (exact) mass is 494 g/mol. The van der Waals surface area contributed by atoms with E-state index in [4.69, 9.17) is 0 Å². The number of amides is 3. The van der Waals surface area contributed by atoms with Crippen LogP contribution in [0.2, 0.25) is 0 Å². The SMILES string of the molecule is C[C@@H]1CC[C@H]2C(=O)N(N(CC(=O)c3cccc([N+](=O)[O-])c3)C(=O)c3ccc([N+](=O)[O-])cc3)C(=O)[C@H]2C1. The number of fused-ring (bicyclic) bond motifs is 1. The first-order chi connectivity index (χ1) is 17.1. The van der Waals surface area contributed by atoms with Gasteiger partial charge in [0.25, 0.3) is 29.1 Å². The Morgan fingerprint density at radius 3 is 2.19 bits per heavy atom. The van der Waals surface area contributed by atoms with Crippen LogP contribution in [0.1, 0.15) is 46.9 Å². The highest BCUT2D eigenvalue weighted by Crippen LogP contribution is 2.41. The molecular formula is C24H22N4O8. The van der Waals surface area contributed by atoms with Crippen molar-refractivity contribution in [1.82, 2.24) is 10.0 Å². The lowest BCUT2D eigenvalue weighted by molar-refractivity contribution is -0.385. The van der Waals surface area contributed by atoms with E-state index in [9.17, 15) is 39.4 Å². The van der Waals surface area contributed by atoms with Gasteiger partial charge in [-0.2, -0.15) is 5.01 Å². The van der Waals surface area contributed by atoms with E-state index >= 15 is 0 Å². The summed E-state index contributed by atoms with van der Waals surface area (Å²) >= 11 is 0. The van der Waals surface area contributed by atoms with Crippen molar-refractivity contribution in [3.63, 3.8) is 0 Å². The summed E-state index contributed by atoms with van der Waals surface area (Å²) in [6.45, 7) is 1.24. The minimum absolute atomic E-state index is 0.0729. The molecular weight excluding hydrogens is 472 g/mol. The molecule has 0 N–H and O–H groups in total. The molecule has 2 aliphatic rings. The van der Waals surface area contributed by atoms with E-state index in [1.165, 1.54) is 30.3 Å². The Hall–Kier alpha value is -4.48. The minimum atomic E-state index is -0.878. The molecule has 2 aromatic carbocycles. The van der Waals surface area contributed by atoms with Gasteiger partial charge in [0.05, 0.1) is 21.7 Å². The minimum Gasteiger partial charge on any atom is -0.292 e. The summed E-state index contributed by atoms with van der Waals surface area (Å²) in [4.78, 5) is 73.9. The molecule has 3 atom stereocenters. The number of imide groups is 1. The van der Waals surface area contributed by atoms with Crippen molar-refractivity contribution in [3.8, 4) is 0 Å². The van der Waals surface area contributed by atoms with E-state index in [-0.39, 0.29) is 28.4 Å². The Kier molecular flexibility index (Phi) is 6.60. The summed E-state index contributed by atoms with van der Waals surface area (Å²) in [6, 6.07) is 9.44. The van der Waals surface area contributed by atoms with Gasteiger partial charge in [0, 0.05) is 35.4 Å². The number of rotatable bonds is 7. The molecule has 12 heteroatoms. The normalized spacial score (nSPS) is 21.1. The van der Waals surface area contributed by atoms with Crippen LogP contribution in [0.3, 0.4) is 0 Å². The average Bonchev–Trinajstić information content (AvgIpc) is 3.11. The van der Waals surface area contributed by atoms with E-state index < -0.39 is 51.7 Å². The maximum atomic E-state index is 13.5. The predicted molar refractivity (Wildman–Crippen MR) is 123 cm³/mol. The Morgan fingerprint density at radius 2 is 1.56 bits per heavy atom. The van der Waals surface area contributed by atoms with Gasteiger partial charge in [-0.25, -0.2) is 5.01 Å². The smallest absolute Gasteiger partial charge is 0.273 e. The Labute approximate surface area is 204 Å². The highest BCUT2D eigenvalue weighted by atomic mass is 16.6. The zero-order valence-electron chi connectivity index (χ0n) is 19.2. The Morgan fingerprint density at radius 1 is 0.917 bits per heavy atom. The van der Waals surface area contributed by atoms with Crippen molar-refractivity contribution in [3.05, 3.63) is 79.9 Å². The maximum absolute atomic E-state index is 13.5. The molecule has 1 aliphatic heterocycles. The molecule has 186 valence electrons. The van der Waals surface area contributed by atoms with Crippen LogP contribution in [-0.2, 0) is 9.59 Å². The molecule has 2 aromatic rings. The van der Waals surface area contributed by atoms with Gasteiger partial charge in [0.15, 0.2) is 5.78 Å². The highest BCUT2D eigenvalue weighted by Gasteiger charge is 2.52. The number of nitro groups is 2. The molecule has 0 bridgehead atoms. The van der Waals surface area contributed by atoms with E-state index in [0.29, 0.717) is 17.9 Å². The number of nitro benzene ring substituents is 2. The van der Waals surface area contributed by atoms with Crippen LogP contribution in [0.5, 0.6) is 0 Å². The molecule has 0 unspecified atom stereocenters. The summed E-state index contributed by atoms with van der Waals surface area (Å²) < 4.78 is 0. The highest BCUT2D eigenvalue weighted by molar-refractivity contribution is 6.09. The number of ketones is 1. The van der Waals surface area contributed by atoms with Gasteiger partial charge in [0.1, 0.15) is 6.54 Å². The van der Waals surface area contributed by atoms with E-state index in [1.807, 2.05) is 6.92 Å². The second-order valence-corrected chi connectivity index (χ2v) is 9.02. The predicted octanol–water partition coefficient (Wildman–Crippen LogP) is 3.16. The largest absolute Gasteiger partial charge is 0.292 e. The second kappa shape index (κ2) is 9.64. The van der Waals surface area contributed by atoms with Gasteiger partial charge in [-0.3, -0.25) is 39.4 Å². The van der Waals surface area contributed by atoms with Crippen LogP contribution in [0, 0.1) is 38.0 Å². The van der Waals surface area contributed by atoms with Crippen LogP contribution in [0.15, 0.2) is 48.5 Å². The zero-order chi connectivity index (χ0) is 26.1. The van der Waals surface area contributed by atoms with Gasteiger partial charge < -0.3 is 0 Å². The van der Waals surface area contributed by atoms with Crippen molar-refractivity contribution in [1.29, 1.82) is 0 Å². The second-order valence-electron chi connectivity index (χ2n) is 9.02. The fraction of sp³-hybridized carbons (Fsp3) is 0.333. The number of hydrogen-bond donors (Lipinski definition) is 0. The third-order valence-electron chi connectivity index (χ3n) is 6.64. The molecule has 0 aromatic heterocycles. The Balaban J connectivity index is 1.70. The standard InChI is InChI=1S/C24H22N4O8/c1-14-5-10-19-20(11-14)24(32)26(23(19)31)25(22(30)15-6-8-17(9-7-15)27(33)34)13-21(29)16-3-2-4-18(12-16)28(35)36/h2-4,6-9,12,14,19-20H,5,10-11,13H2,1H3/t14-,19-,20+/m1/s1. The first-order valence-corrected chi connectivity index (χ1v) is 11.3. The number of non-ortho nitro benzene ring substituents is 2. The first kappa shape index (κ1) is 24.6. The van der Waals surface area contributed by atoms with Gasteiger partial charge >= 0.3 is 0 Å². The number of carbonyl (C=O) groups excluding carboxylic acids is 4. The number of Topliss-reactive ketones (excluding diaryl/α,β-unsaturated/α-hetero) is 1. The number of carbonyl (C=O) groups is 4.